The van der Waals surface area contributed by atoms with Crippen LogP contribution in [0.15, 0.2) is 72.8 Å². The van der Waals surface area contributed by atoms with Crippen LogP contribution in [0.5, 0.6) is 0 Å². The number of hydrogen-bond donors (Lipinski definition) is 1. The van der Waals surface area contributed by atoms with Gasteiger partial charge in [-0.2, -0.15) is 0 Å². The highest BCUT2D eigenvalue weighted by Crippen LogP contribution is 2.37. The van der Waals surface area contributed by atoms with Crippen LogP contribution in [0.3, 0.4) is 0 Å². The highest BCUT2D eigenvalue weighted by molar-refractivity contribution is 6.30. The molecule has 0 aromatic heterocycles. The van der Waals surface area contributed by atoms with Gasteiger partial charge in [-0.3, -0.25) is 4.79 Å². The predicted molar refractivity (Wildman–Crippen MR) is 123 cm³/mol. The molecule has 1 heterocycles. The molecule has 8 heteroatoms. The maximum Gasteiger partial charge on any atom is 0.417 e. The number of rotatable bonds is 6. The molecule has 0 unspecified atom stereocenters. The largest absolute Gasteiger partial charge is 0.447 e. The van der Waals surface area contributed by atoms with Crippen LogP contribution in [0.4, 0.5) is 9.18 Å². The summed E-state index contributed by atoms with van der Waals surface area (Å²) in [6.07, 6.45) is -1.95. The Morgan fingerprint density at radius 3 is 2.48 bits per heavy atom. The number of aliphatic hydroxyl groups excluding tert-OH is 1. The summed E-state index contributed by atoms with van der Waals surface area (Å²) in [5.74, 6) is -2.97. The third-order valence-corrected chi connectivity index (χ3v) is 6.05. The van der Waals surface area contributed by atoms with Crippen molar-refractivity contribution in [3.63, 3.8) is 0 Å². The summed E-state index contributed by atoms with van der Waals surface area (Å²) in [5.41, 5.74) is 1.13. The van der Waals surface area contributed by atoms with Crippen LogP contribution >= 0.6 is 23.2 Å². The Kier molecular flexibility index (Phi) is 6.98. The van der Waals surface area contributed by atoms with Crippen molar-refractivity contribution in [2.45, 2.75) is 24.5 Å². The Morgan fingerprint density at radius 1 is 1.06 bits per heavy atom. The normalized spacial score (nSPS) is 17.5. The molecule has 0 bridgehead atoms. The fourth-order valence-electron chi connectivity index (χ4n) is 3.99. The molecule has 5 nitrogen and oxygen atoms in total. The first-order valence-corrected chi connectivity index (χ1v) is 11.0. The van der Waals surface area contributed by atoms with E-state index in [0.29, 0.717) is 17.0 Å². The number of aliphatic hydroxyl groups is 1. The SMILES string of the molecule is O=C1OC[C@H](Cc2ccccc2)N1C(=O)[C@H](c1ccc(Cl)cc1F)[C@H](O)c1cccc(Cl)c1. The lowest BCUT2D eigenvalue weighted by atomic mass is 9.87. The minimum absolute atomic E-state index is 0.00253. The maximum absolute atomic E-state index is 14.9. The molecule has 1 fully saturated rings. The number of amides is 2. The second kappa shape index (κ2) is 9.91. The fourth-order valence-corrected chi connectivity index (χ4v) is 4.35. The van der Waals surface area contributed by atoms with Gasteiger partial charge < -0.3 is 9.84 Å². The molecule has 4 rings (SSSR count). The van der Waals surface area contributed by atoms with Gasteiger partial charge in [0, 0.05) is 15.6 Å². The zero-order valence-corrected chi connectivity index (χ0v) is 18.8. The Balaban J connectivity index is 1.73. The number of carbonyl (C=O) groups is 2. The molecule has 0 spiro atoms. The summed E-state index contributed by atoms with van der Waals surface area (Å²) in [4.78, 5) is 27.3. The lowest BCUT2D eigenvalue weighted by Crippen LogP contribution is -2.44. The molecule has 3 aromatic carbocycles. The van der Waals surface area contributed by atoms with Crippen LogP contribution in [0.2, 0.25) is 10.0 Å². The number of nitrogens with zero attached hydrogens (tertiary/aromatic N) is 1. The number of halogens is 3. The van der Waals surface area contributed by atoms with Gasteiger partial charge in [0.1, 0.15) is 12.4 Å². The summed E-state index contributed by atoms with van der Waals surface area (Å²) >= 11 is 12.0. The van der Waals surface area contributed by atoms with Gasteiger partial charge in [-0.05, 0) is 41.8 Å². The van der Waals surface area contributed by atoms with Gasteiger partial charge in [0.25, 0.3) is 0 Å². The van der Waals surface area contributed by atoms with Gasteiger partial charge >= 0.3 is 6.09 Å². The van der Waals surface area contributed by atoms with Crippen LogP contribution in [-0.4, -0.2) is 34.7 Å². The van der Waals surface area contributed by atoms with Gasteiger partial charge in [-0.25, -0.2) is 14.1 Å². The molecule has 2 amide bonds. The lowest BCUT2D eigenvalue weighted by Gasteiger charge is -2.29. The molecule has 170 valence electrons. The zero-order chi connectivity index (χ0) is 23.5. The first kappa shape index (κ1) is 23.2. The molecule has 1 aliphatic rings. The van der Waals surface area contributed by atoms with Crippen molar-refractivity contribution in [2.75, 3.05) is 6.61 Å². The molecular weight excluding hydrogens is 468 g/mol. The first-order valence-electron chi connectivity index (χ1n) is 10.3. The Hall–Kier alpha value is -2.93. The highest BCUT2D eigenvalue weighted by Gasteiger charge is 2.44. The third kappa shape index (κ3) is 5.03. The van der Waals surface area contributed by atoms with Gasteiger partial charge in [0.2, 0.25) is 5.91 Å². The number of cyclic esters (lactones) is 1. The molecule has 33 heavy (non-hydrogen) atoms. The monoisotopic (exact) mass is 487 g/mol. The smallest absolute Gasteiger partial charge is 0.417 e. The molecule has 0 radical (unpaired) electrons. The maximum atomic E-state index is 14.9. The van der Waals surface area contributed by atoms with Crippen LogP contribution in [0.1, 0.15) is 28.7 Å². The van der Waals surface area contributed by atoms with Crippen molar-refractivity contribution in [1.82, 2.24) is 4.90 Å². The Labute approximate surface area is 200 Å². The minimum Gasteiger partial charge on any atom is -0.447 e. The van der Waals surface area contributed by atoms with E-state index in [1.54, 1.807) is 18.2 Å². The molecule has 1 saturated heterocycles. The van der Waals surface area contributed by atoms with Gasteiger partial charge in [0.05, 0.1) is 18.1 Å². The Bertz CT molecular complexity index is 1170. The molecule has 3 aromatic rings. The second-order valence-electron chi connectivity index (χ2n) is 7.77. The summed E-state index contributed by atoms with van der Waals surface area (Å²) in [5, 5.41) is 11.7. The van der Waals surface area contributed by atoms with E-state index in [9.17, 15) is 19.1 Å². The van der Waals surface area contributed by atoms with Gasteiger partial charge in [-0.1, -0.05) is 71.7 Å². The lowest BCUT2D eigenvalue weighted by molar-refractivity contribution is -0.133. The highest BCUT2D eigenvalue weighted by atomic mass is 35.5. The van der Waals surface area contributed by atoms with E-state index < -0.39 is 35.9 Å². The minimum atomic E-state index is -1.47. The van der Waals surface area contributed by atoms with Crippen molar-refractivity contribution in [1.29, 1.82) is 0 Å². The Morgan fingerprint density at radius 2 is 1.79 bits per heavy atom. The van der Waals surface area contributed by atoms with Crippen molar-refractivity contribution >= 4 is 35.2 Å². The van der Waals surface area contributed by atoms with Gasteiger partial charge in [0.15, 0.2) is 0 Å². The molecular formula is C25H20Cl2FNO4. The van der Waals surface area contributed by atoms with Crippen molar-refractivity contribution in [3.05, 3.63) is 105 Å². The number of hydrogen-bond acceptors (Lipinski definition) is 4. The van der Waals surface area contributed by atoms with Crippen molar-refractivity contribution < 1.29 is 23.8 Å². The van der Waals surface area contributed by atoms with E-state index in [4.69, 9.17) is 27.9 Å². The van der Waals surface area contributed by atoms with Crippen LogP contribution < -0.4 is 0 Å². The zero-order valence-electron chi connectivity index (χ0n) is 17.3. The van der Waals surface area contributed by atoms with Crippen molar-refractivity contribution in [3.8, 4) is 0 Å². The van der Waals surface area contributed by atoms with E-state index in [1.807, 2.05) is 30.3 Å². The van der Waals surface area contributed by atoms with E-state index in [2.05, 4.69) is 0 Å². The molecule has 1 N–H and O–H groups in total. The number of benzene rings is 3. The first-order chi connectivity index (χ1) is 15.8. The summed E-state index contributed by atoms with van der Waals surface area (Å²) < 4.78 is 20.1. The third-order valence-electron chi connectivity index (χ3n) is 5.58. The summed E-state index contributed by atoms with van der Waals surface area (Å²) in [6, 6.07) is 18.8. The standard InChI is InChI=1S/C25H20Cl2FNO4/c26-17-8-4-7-16(12-17)23(30)22(20-10-9-18(27)13-21(20)28)24(31)29-19(14-33-25(29)32)11-15-5-2-1-3-6-15/h1-10,12-13,19,22-23,30H,11,14H2/t19-,22+,23+/m0/s1. The molecule has 0 saturated carbocycles. The molecule has 1 aliphatic heterocycles. The average molecular weight is 488 g/mol. The van der Waals surface area contributed by atoms with Gasteiger partial charge in [-0.15, -0.1) is 0 Å². The number of carbonyl (C=O) groups excluding carboxylic acids is 2. The van der Waals surface area contributed by atoms with Crippen LogP contribution in [0, 0.1) is 5.82 Å². The number of ether oxygens (including phenoxy) is 1. The van der Waals surface area contributed by atoms with Crippen LogP contribution in [0.25, 0.3) is 0 Å². The quantitative estimate of drug-likeness (QED) is 0.495. The molecule has 3 atom stereocenters. The summed E-state index contributed by atoms with van der Waals surface area (Å²) in [6.45, 7) is 0.00253. The van der Waals surface area contributed by atoms with E-state index in [0.717, 1.165) is 16.5 Å². The predicted octanol–water partition coefficient (Wildman–Crippen LogP) is 5.54. The van der Waals surface area contributed by atoms with E-state index in [-0.39, 0.29) is 17.2 Å². The van der Waals surface area contributed by atoms with E-state index in [1.165, 1.54) is 18.2 Å². The second-order valence-corrected chi connectivity index (χ2v) is 8.64. The topological polar surface area (TPSA) is 66.8 Å². The van der Waals surface area contributed by atoms with E-state index >= 15 is 0 Å². The molecule has 0 aliphatic carbocycles. The summed E-state index contributed by atoms with van der Waals surface area (Å²) in [7, 11) is 0. The number of imide groups is 1. The van der Waals surface area contributed by atoms with Crippen LogP contribution in [-0.2, 0) is 16.0 Å². The average Bonchev–Trinajstić information content (AvgIpc) is 3.15. The van der Waals surface area contributed by atoms with Crippen molar-refractivity contribution in [2.24, 2.45) is 0 Å². The fraction of sp³-hybridized carbons (Fsp3) is 0.200.